The van der Waals surface area contributed by atoms with Gasteiger partial charge in [-0.1, -0.05) is 31.2 Å². The van der Waals surface area contributed by atoms with Gasteiger partial charge in [0.25, 0.3) is 0 Å². The number of likely N-dealkylation sites (tertiary alicyclic amines) is 1. The van der Waals surface area contributed by atoms with Crippen molar-refractivity contribution in [3.8, 4) is 0 Å². The van der Waals surface area contributed by atoms with Gasteiger partial charge in [0.2, 0.25) is 21.6 Å². The van der Waals surface area contributed by atoms with Gasteiger partial charge in [-0.15, -0.1) is 0 Å². The van der Waals surface area contributed by atoms with Crippen LogP contribution in [0.15, 0.2) is 34.9 Å². The van der Waals surface area contributed by atoms with Crippen molar-refractivity contribution in [2.75, 3.05) is 26.2 Å². The molecular formula is C21H26N2O5S. The molecule has 3 aliphatic rings. The molecule has 1 N–H and O–H groups in total. The Labute approximate surface area is 171 Å². The van der Waals surface area contributed by atoms with Crippen LogP contribution in [0.3, 0.4) is 0 Å². The molecule has 29 heavy (non-hydrogen) atoms. The maximum atomic E-state index is 13.3. The number of hydrogen-bond acceptors (Lipinski definition) is 6. The van der Waals surface area contributed by atoms with Gasteiger partial charge in [-0.05, 0) is 31.6 Å². The number of nitrogens with one attached hydrogen (secondary N) is 1. The Bertz CT molecular complexity index is 955. The molecule has 1 aromatic carbocycles. The van der Waals surface area contributed by atoms with E-state index in [1.54, 1.807) is 23.1 Å². The van der Waals surface area contributed by atoms with E-state index in [0.717, 1.165) is 25.7 Å². The molecule has 0 aromatic heterocycles. The number of ether oxygens (including phenoxy) is 1. The number of carbonyl (C=O) groups is 2. The standard InChI is InChI=1S/C21H26N2O5S/c1-14-8-10-23(11-9-14)18-19(24)16-6-2-3-7-17(16)20(25)21(18)29(26,27)22-13-15-5-4-12-28-15/h2-3,6-7,14-15,22H,4-5,8-13H2,1H3. The first-order valence-electron chi connectivity index (χ1n) is 10.2. The Balaban J connectivity index is 1.75. The van der Waals surface area contributed by atoms with E-state index in [-0.39, 0.29) is 29.5 Å². The lowest BCUT2D eigenvalue weighted by molar-refractivity contribution is 0.0932. The lowest BCUT2D eigenvalue weighted by Gasteiger charge is -2.35. The topological polar surface area (TPSA) is 92.8 Å². The molecule has 1 aromatic rings. The minimum Gasteiger partial charge on any atom is -0.377 e. The molecule has 0 saturated carbocycles. The van der Waals surface area contributed by atoms with Crippen LogP contribution < -0.4 is 4.72 Å². The number of allylic oxidation sites excluding steroid dienone is 2. The summed E-state index contributed by atoms with van der Waals surface area (Å²) in [7, 11) is -4.17. The second-order valence-corrected chi connectivity index (χ2v) is 9.74. The zero-order valence-electron chi connectivity index (χ0n) is 16.5. The Morgan fingerprint density at radius 2 is 1.72 bits per heavy atom. The molecule has 2 aliphatic heterocycles. The van der Waals surface area contributed by atoms with Crippen molar-refractivity contribution in [2.45, 2.75) is 38.7 Å². The predicted octanol–water partition coefficient (Wildman–Crippen LogP) is 2.11. The number of carbonyl (C=O) groups excluding carboxylic acids is 2. The van der Waals surface area contributed by atoms with E-state index in [9.17, 15) is 18.0 Å². The summed E-state index contributed by atoms with van der Waals surface area (Å²) in [5.41, 5.74) is 0.425. The van der Waals surface area contributed by atoms with Gasteiger partial charge < -0.3 is 9.64 Å². The maximum absolute atomic E-state index is 13.3. The summed E-state index contributed by atoms with van der Waals surface area (Å²) in [6.07, 6.45) is 3.16. The van der Waals surface area contributed by atoms with E-state index >= 15 is 0 Å². The van der Waals surface area contributed by atoms with Crippen LogP contribution in [-0.4, -0.2) is 57.2 Å². The summed E-state index contributed by atoms with van der Waals surface area (Å²) < 4.78 is 34.4. The molecule has 0 spiro atoms. The van der Waals surface area contributed by atoms with E-state index in [0.29, 0.717) is 25.6 Å². The van der Waals surface area contributed by atoms with E-state index < -0.39 is 26.5 Å². The summed E-state index contributed by atoms with van der Waals surface area (Å²) in [4.78, 5) is 27.9. The molecule has 2 saturated heterocycles. The highest BCUT2D eigenvalue weighted by Crippen LogP contribution is 2.33. The number of hydrogen-bond donors (Lipinski definition) is 1. The number of nitrogens with zero attached hydrogens (tertiary/aromatic N) is 1. The van der Waals surface area contributed by atoms with Crippen molar-refractivity contribution in [3.05, 3.63) is 46.0 Å². The SMILES string of the molecule is CC1CCN(C2=C(S(=O)(=O)NCC3CCCO3)C(=O)c3ccccc3C2=O)CC1. The summed E-state index contributed by atoms with van der Waals surface area (Å²) in [6, 6.07) is 6.43. The Hall–Kier alpha value is -2.03. The number of fused-ring (bicyclic) bond motifs is 1. The van der Waals surface area contributed by atoms with Gasteiger partial charge in [-0.2, -0.15) is 0 Å². The minimum atomic E-state index is -4.17. The second kappa shape index (κ2) is 8.01. The van der Waals surface area contributed by atoms with Crippen molar-refractivity contribution in [2.24, 2.45) is 5.92 Å². The minimum absolute atomic E-state index is 0.0143. The molecule has 1 atom stereocenters. The third-order valence-electron chi connectivity index (χ3n) is 5.95. The van der Waals surface area contributed by atoms with Crippen molar-refractivity contribution in [1.82, 2.24) is 9.62 Å². The Morgan fingerprint density at radius 3 is 2.34 bits per heavy atom. The number of sulfonamides is 1. The van der Waals surface area contributed by atoms with E-state index in [1.165, 1.54) is 6.07 Å². The average molecular weight is 419 g/mol. The number of piperidine rings is 1. The quantitative estimate of drug-likeness (QED) is 0.787. The first-order chi connectivity index (χ1) is 13.9. The fourth-order valence-corrected chi connectivity index (χ4v) is 5.57. The first kappa shape index (κ1) is 20.3. The maximum Gasteiger partial charge on any atom is 0.246 e. The van der Waals surface area contributed by atoms with Crippen LogP contribution in [0.5, 0.6) is 0 Å². The molecule has 0 amide bonds. The van der Waals surface area contributed by atoms with Crippen LogP contribution >= 0.6 is 0 Å². The van der Waals surface area contributed by atoms with Crippen molar-refractivity contribution >= 4 is 21.6 Å². The summed E-state index contributed by atoms with van der Waals surface area (Å²) in [5, 5.41) is 0. The van der Waals surface area contributed by atoms with Gasteiger partial charge in [-0.3, -0.25) is 9.59 Å². The molecule has 0 bridgehead atoms. The molecule has 8 heteroatoms. The zero-order valence-corrected chi connectivity index (χ0v) is 17.3. The second-order valence-electron chi connectivity index (χ2n) is 8.04. The Kier molecular flexibility index (Phi) is 5.59. The lowest BCUT2D eigenvalue weighted by Crippen LogP contribution is -2.43. The van der Waals surface area contributed by atoms with Crippen molar-refractivity contribution < 1.29 is 22.7 Å². The first-order valence-corrected chi connectivity index (χ1v) is 11.7. The van der Waals surface area contributed by atoms with Gasteiger partial charge in [0.05, 0.1) is 6.10 Å². The van der Waals surface area contributed by atoms with Crippen LogP contribution in [0.1, 0.15) is 53.3 Å². The van der Waals surface area contributed by atoms with Crippen molar-refractivity contribution in [1.29, 1.82) is 0 Å². The van der Waals surface area contributed by atoms with Gasteiger partial charge in [0.15, 0.2) is 4.91 Å². The molecule has 1 unspecified atom stereocenters. The van der Waals surface area contributed by atoms with Gasteiger partial charge >= 0.3 is 0 Å². The molecule has 2 heterocycles. The lowest BCUT2D eigenvalue weighted by atomic mass is 9.90. The molecule has 156 valence electrons. The molecule has 1 aliphatic carbocycles. The number of Topliss-reactive ketones (excluding diaryl/α,β-unsaturated/α-hetero) is 2. The van der Waals surface area contributed by atoms with Crippen LogP contribution in [0, 0.1) is 5.92 Å². The van der Waals surface area contributed by atoms with Gasteiger partial charge in [0, 0.05) is 37.4 Å². The summed E-state index contributed by atoms with van der Waals surface area (Å²) >= 11 is 0. The van der Waals surface area contributed by atoms with E-state index in [1.807, 2.05) is 0 Å². The third-order valence-corrected chi connectivity index (χ3v) is 7.41. The van der Waals surface area contributed by atoms with Crippen LogP contribution in [0.4, 0.5) is 0 Å². The zero-order chi connectivity index (χ0) is 20.6. The average Bonchev–Trinajstić information content (AvgIpc) is 3.23. The molecule has 7 nitrogen and oxygen atoms in total. The predicted molar refractivity (Wildman–Crippen MR) is 108 cm³/mol. The molecule has 4 rings (SSSR count). The highest BCUT2D eigenvalue weighted by molar-refractivity contribution is 7.94. The third kappa shape index (κ3) is 3.89. The fourth-order valence-electron chi connectivity index (χ4n) is 4.19. The highest BCUT2D eigenvalue weighted by atomic mass is 32.2. The largest absolute Gasteiger partial charge is 0.377 e. The fraction of sp³-hybridized carbons (Fsp3) is 0.524. The van der Waals surface area contributed by atoms with Gasteiger partial charge in [-0.25, -0.2) is 13.1 Å². The number of benzene rings is 1. The summed E-state index contributed by atoms with van der Waals surface area (Å²) in [5.74, 6) is -0.507. The molecular weight excluding hydrogens is 392 g/mol. The summed E-state index contributed by atoms with van der Waals surface area (Å²) in [6.45, 7) is 3.96. The van der Waals surface area contributed by atoms with E-state index in [4.69, 9.17) is 4.74 Å². The van der Waals surface area contributed by atoms with Crippen LogP contribution in [0.2, 0.25) is 0 Å². The van der Waals surface area contributed by atoms with Crippen molar-refractivity contribution in [3.63, 3.8) is 0 Å². The van der Waals surface area contributed by atoms with Gasteiger partial charge in [0.1, 0.15) is 5.70 Å². The molecule has 0 radical (unpaired) electrons. The Morgan fingerprint density at radius 1 is 1.07 bits per heavy atom. The monoisotopic (exact) mass is 418 g/mol. The molecule has 2 fully saturated rings. The van der Waals surface area contributed by atoms with E-state index in [2.05, 4.69) is 11.6 Å². The van der Waals surface area contributed by atoms with Crippen LogP contribution in [0.25, 0.3) is 0 Å². The van der Waals surface area contributed by atoms with Crippen LogP contribution in [-0.2, 0) is 14.8 Å². The number of rotatable bonds is 5. The smallest absolute Gasteiger partial charge is 0.246 e. The highest BCUT2D eigenvalue weighted by Gasteiger charge is 2.42. The number of ketones is 2. The normalized spacial score (nSPS) is 23.6.